The van der Waals surface area contributed by atoms with Crippen LogP contribution < -0.4 is 15.0 Å². The molecule has 0 radical (unpaired) electrons. The van der Waals surface area contributed by atoms with Crippen LogP contribution in [0.4, 0.5) is 15.8 Å². The van der Waals surface area contributed by atoms with Gasteiger partial charge in [-0.3, -0.25) is 9.59 Å². The minimum Gasteiger partial charge on any atom is -0.491 e. The number of rotatable bonds is 8. The molecular formula is C28H28ClFN2O4. The third kappa shape index (κ3) is 5.62. The summed E-state index contributed by atoms with van der Waals surface area (Å²) in [7, 11) is 0. The summed E-state index contributed by atoms with van der Waals surface area (Å²) in [5.41, 5.74) is 4.81. The largest absolute Gasteiger partial charge is 0.491 e. The standard InChI is InChI=1S/C28H28ClFN2O4/c1-4-32-23(13-19-12-20(29)5-6-25(19)32)15-36-26-8-16(2)24(7-17(26)3)28(35)31-22-10-18(11-27(33)34)9-21(30)14-22/h5-10,12,14,23H,4,11,13,15H2,1-3H3,(H,31,35)(H,33,34)/t23-/m0/s1. The molecule has 1 aliphatic rings. The van der Waals surface area contributed by atoms with Gasteiger partial charge in [0.25, 0.3) is 5.91 Å². The van der Waals surface area contributed by atoms with E-state index in [4.69, 9.17) is 21.4 Å². The minimum absolute atomic E-state index is 0.180. The predicted molar refractivity (Wildman–Crippen MR) is 139 cm³/mol. The van der Waals surface area contributed by atoms with Crippen molar-refractivity contribution >= 4 is 34.9 Å². The van der Waals surface area contributed by atoms with Crippen LogP contribution in [0.2, 0.25) is 5.02 Å². The van der Waals surface area contributed by atoms with Gasteiger partial charge in [-0.2, -0.15) is 0 Å². The van der Waals surface area contributed by atoms with Crippen molar-refractivity contribution in [1.29, 1.82) is 0 Å². The first-order valence-corrected chi connectivity index (χ1v) is 12.1. The summed E-state index contributed by atoms with van der Waals surface area (Å²) in [6.45, 7) is 7.15. The van der Waals surface area contributed by atoms with E-state index in [0.29, 0.717) is 23.5 Å². The Balaban J connectivity index is 1.46. The van der Waals surface area contributed by atoms with Gasteiger partial charge < -0.3 is 20.1 Å². The van der Waals surface area contributed by atoms with E-state index in [2.05, 4.69) is 17.1 Å². The normalized spacial score (nSPS) is 14.5. The van der Waals surface area contributed by atoms with Crippen molar-refractivity contribution < 1.29 is 23.8 Å². The number of likely N-dealkylation sites (N-methyl/N-ethyl adjacent to an activating group) is 1. The van der Waals surface area contributed by atoms with Gasteiger partial charge in [-0.25, -0.2) is 4.39 Å². The Morgan fingerprint density at radius 3 is 2.64 bits per heavy atom. The monoisotopic (exact) mass is 510 g/mol. The van der Waals surface area contributed by atoms with Gasteiger partial charge in [-0.1, -0.05) is 11.6 Å². The van der Waals surface area contributed by atoms with Crippen LogP contribution in [0.3, 0.4) is 0 Å². The lowest BCUT2D eigenvalue weighted by atomic mass is 10.0. The average Bonchev–Trinajstić information content (AvgIpc) is 3.14. The first kappa shape index (κ1) is 25.5. The van der Waals surface area contributed by atoms with Gasteiger partial charge in [0.15, 0.2) is 0 Å². The molecule has 0 fully saturated rings. The van der Waals surface area contributed by atoms with Crippen LogP contribution in [0.5, 0.6) is 5.75 Å². The summed E-state index contributed by atoms with van der Waals surface area (Å²) < 4.78 is 20.1. The number of hydrogen-bond donors (Lipinski definition) is 2. The molecule has 3 aromatic rings. The zero-order valence-corrected chi connectivity index (χ0v) is 21.2. The molecule has 3 aromatic carbocycles. The van der Waals surface area contributed by atoms with Gasteiger partial charge in [0, 0.05) is 28.5 Å². The third-order valence-electron chi connectivity index (χ3n) is 6.36. The van der Waals surface area contributed by atoms with E-state index in [-0.39, 0.29) is 23.7 Å². The highest BCUT2D eigenvalue weighted by molar-refractivity contribution is 6.30. The second-order valence-corrected chi connectivity index (χ2v) is 9.47. The first-order valence-electron chi connectivity index (χ1n) is 11.8. The maximum absolute atomic E-state index is 13.9. The Morgan fingerprint density at radius 1 is 1.14 bits per heavy atom. The SMILES string of the molecule is CCN1c2ccc(Cl)cc2C[C@H]1COc1cc(C)c(C(=O)Nc2cc(F)cc(CC(=O)O)c2)cc1C. The number of benzene rings is 3. The number of nitrogens with one attached hydrogen (secondary N) is 1. The van der Waals surface area contributed by atoms with Crippen molar-refractivity contribution in [1.82, 2.24) is 0 Å². The van der Waals surface area contributed by atoms with Gasteiger partial charge in [-0.05, 0) is 98.0 Å². The molecule has 8 heteroatoms. The Labute approximate surface area is 214 Å². The number of anilines is 2. The molecule has 0 aliphatic carbocycles. The fourth-order valence-electron chi connectivity index (χ4n) is 4.71. The summed E-state index contributed by atoms with van der Waals surface area (Å²) >= 11 is 6.18. The van der Waals surface area contributed by atoms with E-state index in [1.165, 1.54) is 17.3 Å². The molecule has 0 saturated heterocycles. The van der Waals surface area contributed by atoms with Crippen LogP contribution >= 0.6 is 11.6 Å². The molecule has 2 N–H and O–H groups in total. The molecule has 0 spiro atoms. The molecule has 0 bridgehead atoms. The summed E-state index contributed by atoms with van der Waals surface area (Å²) in [6.07, 6.45) is 0.513. The van der Waals surface area contributed by atoms with Gasteiger partial charge >= 0.3 is 5.97 Å². The van der Waals surface area contributed by atoms with Crippen LogP contribution in [0.25, 0.3) is 0 Å². The highest BCUT2D eigenvalue weighted by Crippen LogP contribution is 2.34. The number of amides is 1. The molecule has 0 aromatic heterocycles. The zero-order valence-electron chi connectivity index (χ0n) is 20.4. The van der Waals surface area contributed by atoms with E-state index in [0.717, 1.165) is 35.7 Å². The van der Waals surface area contributed by atoms with Crippen molar-refractivity contribution in [2.24, 2.45) is 0 Å². The molecule has 1 amide bonds. The molecule has 0 unspecified atom stereocenters. The lowest BCUT2D eigenvalue weighted by Gasteiger charge is -2.26. The topological polar surface area (TPSA) is 78.9 Å². The van der Waals surface area contributed by atoms with E-state index < -0.39 is 17.7 Å². The fraction of sp³-hybridized carbons (Fsp3) is 0.286. The lowest BCUT2D eigenvalue weighted by molar-refractivity contribution is -0.136. The second kappa shape index (κ2) is 10.6. The quantitative estimate of drug-likeness (QED) is 0.400. The van der Waals surface area contributed by atoms with Crippen molar-refractivity contribution in [2.75, 3.05) is 23.4 Å². The van der Waals surface area contributed by atoms with Gasteiger partial charge in [0.1, 0.15) is 18.2 Å². The average molecular weight is 511 g/mol. The molecule has 4 rings (SSSR count). The number of carbonyl (C=O) groups is 2. The zero-order chi connectivity index (χ0) is 26.0. The Hall–Kier alpha value is -3.58. The Morgan fingerprint density at radius 2 is 1.92 bits per heavy atom. The van der Waals surface area contributed by atoms with Gasteiger partial charge in [0.2, 0.25) is 0 Å². The van der Waals surface area contributed by atoms with E-state index >= 15 is 0 Å². The van der Waals surface area contributed by atoms with Crippen molar-refractivity contribution in [3.05, 3.63) is 87.2 Å². The van der Waals surface area contributed by atoms with Gasteiger partial charge in [-0.15, -0.1) is 0 Å². The number of hydrogen-bond acceptors (Lipinski definition) is 4. The molecule has 6 nitrogen and oxygen atoms in total. The van der Waals surface area contributed by atoms with Crippen molar-refractivity contribution in [3.8, 4) is 5.75 Å². The Kier molecular flexibility index (Phi) is 7.50. The maximum Gasteiger partial charge on any atom is 0.307 e. The highest BCUT2D eigenvalue weighted by atomic mass is 35.5. The van der Waals surface area contributed by atoms with Crippen LogP contribution in [0, 0.1) is 19.7 Å². The van der Waals surface area contributed by atoms with Crippen LogP contribution in [0.15, 0.2) is 48.5 Å². The molecule has 0 saturated carbocycles. The van der Waals surface area contributed by atoms with E-state index in [9.17, 15) is 14.0 Å². The fourth-order valence-corrected chi connectivity index (χ4v) is 4.90. The summed E-state index contributed by atoms with van der Waals surface area (Å²) in [5.74, 6) is -1.40. The lowest BCUT2D eigenvalue weighted by Crippen LogP contribution is -2.36. The third-order valence-corrected chi connectivity index (χ3v) is 6.59. The summed E-state index contributed by atoms with van der Waals surface area (Å²) in [5, 5.41) is 12.4. The summed E-state index contributed by atoms with van der Waals surface area (Å²) in [6, 6.07) is 13.5. The van der Waals surface area contributed by atoms with Gasteiger partial charge in [0.05, 0.1) is 12.5 Å². The molecule has 1 heterocycles. The Bertz CT molecular complexity index is 1330. The number of ether oxygens (including phenoxy) is 1. The number of fused-ring (bicyclic) bond motifs is 1. The molecule has 1 aliphatic heterocycles. The number of carboxylic acids is 1. The predicted octanol–water partition coefficient (Wildman–Crippen LogP) is 5.81. The molecular weight excluding hydrogens is 483 g/mol. The van der Waals surface area contributed by atoms with E-state index in [1.54, 1.807) is 6.07 Å². The number of carbonyl (C=O) groups excluding carboxylic acids is 1. The molecule has 188 valence electrons. The number of aryl methyl sites for hydroxylation is 2. The summed E-state index contributed by atoms with van der Waals surface area (Å²) in [4.78, 5) is 26.2. The molecule has 36 heavy (non-hydrogen) atoms. The van der Waals surface area contributed by atoms with Crippen molar-refractivity contribution in [2.45, 2.75) is 39.7 Å². The van der Waals surface area contributed by atoms with Crippen molar-refractivity contribution in [3.63, 3.8) is 0 Å². The number of halogens is 2. The van der Waals surface area contributed by atoms with Crippen LogP contribution in [-0.4, -0.2) is 36.2 Å². The second-order valence-electron chi connectivity index (χ2n) is 9.03. The number of nitrogens with zero attached hydrogens (tertiary/aromatic N) is 1. The minimum atomic E-state index is -1.08. The highest BCUT2D eigenvalue weighted by Gasteiger charge is 2.29. The molecule has 1 atom stereocenters. The van der Waals surface area contributed by atoms with Crippen LogP contribution in [-0.2, 0) is 17.6 Å². The van der Waals surface area contributed by atoms with Crippen LogP contribution in [0.1, 0.15) is 39.5 Å². The first-order chi connectivity index (χ1) is 17.1. The number of carboxylic acid groups (broad SMARTS) is 1. The smallest absolute Gasteiger partial charge is 0.307 e. The maximum atomic E-state index is 13.9. The number of aliphatic carboxylic acids is 1. The van der Waals surface area contributed by atoms with E-state index in [1.807, 2.05) is 38.1 Å².